The summed E-state index contributed by atoms with van der Waals surface area (Å²) in [5.41, 5.74) is 0.826. The second-order valence-corrected chi connectivity index (χ2v) is 4.08. The van der Waals surface area contributed by atoms with Crippen LogP contribution >= 0.6 is 0 Å². The molecule has 15 heavy (non-hydrogen) atoms. The van der Waals surface area contributed by atoms with Gasteiger partial charge in [-0.05, 0) is 18.6 Å². The van der Waals surface area contributed by atoms with Gasteiger partial charge in [-0.1, -0.05) is 18.2 Å². The van der Waals surface area contributed by atoms with E-state index in [2.05, 4.69) is 8.37 Å². The highest BCUT2D eigenvalue weighted by atomic mass is 32.3. The van der Waals surface area contributed by atoms with Gasteiger partial charge in [-0.25, -0.2) is 8.98 Å². The predicted molar refractivity (Wildman–Crippen MR) is 52.5 cm³/mol. The van der Waals surface area contributed by atoms with Crippen LogP contribution in [0.3, 0.4) is 0 Å². The zero-order valence-electron chi connectivity index (χ0n) is 8.26. The van der Waals surface area contributed by atoms with Crippen molar-refractivity contribution in [3.63, 3.8) is 0 Å². The number of carbonyl (C=O) groups is 1. The quantitative estimate of drug-likeness (QED) is 0.776. The van der Waals surface area contributed by atoms with Crippen molar-refractivity contribution < 1.29 is 21.6 Å². The molecule has 0 saturated heterocycles. The standard InChI is InChI=1S/C9H10O5S/c1-7-5-3-4-6-8(7)9(10)14-15(11,12)13-2/h3-6H,1-2H3. The Morgan fingerprint density at radius 1 is 1.27 bits per heavy atom. The Bertz CT molecular complexity index is 463. The first-order chi connectivity index (χ1) is 6.96. The first-order valence-corrected chi connectivity index (χ1v) is 5.39. The minimum Gasteiger partial charge on any atom is -0.320 e. The van der Waals surface area contributed by atoms with Gasteiger partial charge in [0.2, 0.25) is 0 Å². The molecule has 0 unspecified atom stereocenters. The summed E-state index contributed by atoms with van der Waals surface area (Å²) < 4.78 is 29.8. The lowest BCUT2D eigenvalue weighted by atomic mass is 10.1. The topological polar surface area (TPSA) is 69.7 Å². The van der Waals surface area contributed by atoms with Crippen LogP contribution in [0.25, 0.3) is 0 Å². The van der Waals surface area contributed by atoms with Crippen LogP contribution in [0.5, 0.6) is 0 Å². The third kappa shape index (κ3) is 3.03. The third-order valence-electron chi connectivity index (χ3n) is 1.75. The van der Waals surface area contributed by atoms with E-state index in [1.165, 1.54) is 6.07 Å². The molecule has 0 aliphatic carbocycles. The Balaban J connectivity index is 2.93. The Morgan fingerprint density at radius 3 is 2.40 bits per heavy atom. The molecule has 0 heterocycles. The van der Waals surface area contributed by atoms with Crippen molar-refractivity contribution in [3.05, 3.63) is 35.4 Å². The smallest absolute Gasteiger partial charge is 0.320 e. The third-order valence-corrected chi connectivity index (χ3v) is 2.51. The lowest BCUT2D eigenvalue weighted by Crippen LogP contribution is -2.15. The molecular formula is C9H10O5S. The van der Waals surface area contributed by atoms with E-state index in [0.29, 0.717) is 5.56 Å². The maximum atomic E-state index is 11.4. The van der Waals surface area contributed by atoms with Gasteiger partial charge < -0.3 is 4.18 Å². The summed E-state index contributed by atoms with van der Waals surface area (Å²) in [6, 6.07) is 6.50. The number of rotatable bonds is 3. The average molecular weight is 230 g/mol. The lowest BCUT2D eigenvalue weighted by Gasteiger charge is -2.04. The molecule has 0 radical (unpaired) electrons. The maximum absolute atomic E-state index is 11.4. The van der Waals surface area contributed by atoms with Crippen molar-refractivity contribution in [2.75, 3.05) is 7.11 Å². The second-order valence-electron chi connectivity index (χ2n) is 2.76. The first kappa shape index (κ1) is 11.7. The SMILES string of the molecule is COS(=O)(=O)OC(=O)c1ccccc1C. The van der Waals surface area contributed by atoms with Gasteiger partial charge in [0, 0.05) is 0 Å². The predicted octanol–water partition coefficient (Wildman–Crippen LogP) is 1.04. The molecule has 0 fully saturated rings. The Labute approximate surface area is 88.0 Å². The number of hydrogen-bond donors (Lipinski definition) is 0. The largest absolute Gasteiger partial charge is 0.451 e. The van der Waals surface area contributed by atoms with Gasteiger partial charge in [0.25, 0.3) is 0 Å². The van der Waals surface area contributed by atoms with Crippen LogP contribution in [0.1, 0.15) is 15.9 Å². The summed E-state index contributed by atoms with van der Waals surface area (Å²) in [6.45, 7) is 1.68. The molecule has 1 aromatic carbocycles. The normalized spacial score (nSPS) is 11.1. The number of carbonyl (C=O) groups excluding carboxylic acids is 1. The molecule has 0 amide bonds. The van der Waals surface area contributed by atoms with Crippen LogP contribution in [-0.2, 0) is 18.8 Å². The molecule has 0 aliphatic heterocycles. The second kappa shape index (κ2) is 4.41. The monoisotopic (exact) mass is 230 g/mol. The molecule has 5 nitrogen and oxygen atoms in total. The molecule has 1 rings (SSSR count). The molecule has 0 N–H and O–H groups in total. The van der Waals surface area contributed by atoms with E-state index < -0.39 is 16.4 Å². The van der Waals surface area contributed by atoms with E-state index in [-0.39, 0.29) is 5.56 Å². The maximum Gasteiger partial charge on any atom is 0.451 e. The minimum atomic E-state index is -4.23. The van der Waals surface area contributed by atoms with Crippen LogP contribution < -0.4 is 0 Å². The van der Waals surface area contributed by atoms with Crippen LogP contribution in [-0.4, -0.2) is 21.5 Å². The van der Waals surface area contributed by atoms with Crippen LogP contribution in [0.15, 0.2) is 24.3 Å². The van der Waals surface area contributed by atoms with Crippen LogP contribution in [0, 0.1) is 6.92 Å². The van der Waals surface area contributed by atoms with E-state index in [4.69, 9.17) is 0 Å². The van der Waals surface area contributed by atoms with E-state index in [1.54, 1.807) is 25.1 Å². The van der Waals surface area contributed by atoms with Gasteiger partial charge in [-0.3, -0.25) is 0 Å². The van der Waals surface area contributed by atoms with Gasteiger partial charge in [0.1, 0.15) is 0 Å². The fraction of sp³-hybridized carbons (Fsp3) is 0.222. The van der Waals surface area contributed by atoms with Gasteiger partial charge >= 0.3 is 16.4 Å². The molecule has 0 aliphatic rings. The number of aryl methyl sites for hydroxylation is 1. The molecule has 82 valence electrons. The first-order valence-electron chi connectivity index (χ1n) is 4.06. The summed E-state index contributed by atoms with van der Waals surface area (Å²) in [6.07, 6.45) is 0. The van der Waals surface area contributed by atoms with Crippen molar-refractivity contribution in [1.82, 2.24) is 0 Å². The van der Waals surface area contributed by atoms with Crippen molar-refractivity contribution in [2.24, 2.45) is 0 Å². The van der Waals surface area contributed by atoms with Crippen molar-refractivity contribution in [2.45, 2.75) is 6.92 Å². The fourth-order valence-electron chi connectivity index (χ4n) is 0.974. The molecule has 0 spiro atoms. The summed E-state index contributed by atoms with van der Waals surface area (Å²) >= 11 is 0. The van der Waals surface area contributed by atoms with E-state index in [0.717, 1.165) is 7.11 Å². The summed E-state index contributed by atoms with van der Waals surface area (Å²) in [4.78, 5) is 11.4. The van der Waals surface area contributed by atoms with Crippen molar-refractivity contribution in [1.29, 1.82) is 0 Å². The van der Waals surface area contributed by atoms with Crippen LogP contribution in [0.2, 0.25) is 0 Å². The minimum absolute atomic E-state index is 0.193. The van der Waals surface area contributed by atoms with Gasteiger partial charge in [-0.15, -0.1) is 0 Å². The summed E-state index contributed by atoms with van der Waals surface area (Å²) in [5, 5.41) is 0. The molecule has 0 atom stereocenters. The molecule has 6 heteroatoms. The van der Waals surface area contributed by atoms with Gasteiger partial charge in [0.05, 0.1) is 12.7 Å². The summed E-state index contributed by atoms with van der Waals surface area (Å²) in [7, 11) is -3.32. The van der Waals surface area contributed by atoms with Gasteiger partial charge in [0.15, 0.2) is 0 Å². The number of benzene rings is 1. The summed E-state index contributed by atoms with van der Waals surface area (Å²) in [5.74, 6) is -0.949. The zero-order valence-corrected chi connectivity index (χ0v) is 9.08. The van der Waals surface area contributed by atoms with E-state index >= 15 is 0 Å². The van der Waals surface area contributed by atoms with Crippen LogP contribution in [0.4, 0.5) is 0 Å². The fourth-order valence-corrected chi connectivity index (χ4v) is 1.32. The Morgan fingerprint density at radius 2 is 1.87 bits per heavy atom. The Kier molecular flexibility index (Phi) is 3.43. The lowest BCUT2D eigenvalue weighted by molar-refractivity contribution is 0.0719. The molecule has 1 aromatic rings. The van der Waals surface area contributed by atoms with E-state index in [9.17, 15) is 13.2 Å². The average Bonchev–Trinajstić information content (AvgIpc) is 2.17. The van der Waals surface area contributed by atoms with Crippen molar-refractivity contribution in [3.8, 4) is 0 Å². The van der Waals surface area contributed by atoms with Gasteiger partial charge in [-0.2, -0.15) is 8.42 Å². The molecule has 0 saturated carbocycles. The van der Waals surface area contributed by atoms with Crippen molar-refractivity contribution >= 4 is 16.4 Å². The highest BCUT2D eigenvalue weighted by Crippen LogP contribution is 2.10. The highest BCUT2D eigenvalue weighted by molar-refractivity contribution is 7.82. The Hall–Kier alpha value is -1.40. The number of hydrogen-bond acceptors (Lipinski definition) is 5. The zero-order chi connectivity index (χ0) is 11.5. The molecular weight excluding hydrogens is 220 g/mol. The van der Waals surface area contributed by atoms with E-state index in [1.807, 2.05) is 0 Å². The molecule has 0 aromatic heterocycles. The molecule has 0 bridgehead atoms. The highest BCUT2D eigenvalue weighted by Gasteiger charge is 2.18.